The monoisotopic (exact) mass is 272 g/mol. The molecule has 1 nitrogen and oxygen atoms in total. The van der Waals surface area contributed by atoms with Gasteiger partial charge in [-0.1, -0.05) is 56.3 Å². The van der Waals surface area contributed by atoms with Gasteiger partial charge in [-0.3, -0.25) is 0 Å². The van der Waals surface area contributed by atoms with Crippen LogP contribution in [-0.4, -0.2) is 12.4 Å². The van der Waals surface area contributed by atoms with Crippen LogP contribution in [-0.2, 0) is 0 Å². The molecular formula is C17H20OS. The van der Waals surface area contributed by atoms with Gasteiger partial charge in [0.1, 0.15) is 5.75 Å². The lowest BCUT2D eigenvalue weighted by molar-refractivity contribution is 0.202. The first-order valence-electron chi connectivity index (χ1n) is 6.50. The zero-order valence-corrected chi connectivity index (χ0v) is 12.4. The standard InChI is InChI=1S/C17H20OS/c1-17(2,13-19)12-18-16-10-8-15(9-11-16)14-6-4-3-5-7-14/h3-11,19H,12-13H2,1-2H3. The molecule has 100 valence electrons. The number of ether oxygens (including phenoxy) is 1. The summed E-state index contributed by atoms with van der Waals surface area (Å²) >= 11 is 4.33. The van der Waals surface area contributed by atoms with Crippen molar-refractivity contribution < 1.29 is 4.74 Å². The quantitative estimate of drug-likeness (QED) is 0.777. The molecule has 2 aromatic rings. The van der Waals surface area contributed by atoms with Gasteiger partial charge < -0.3 is 4.74 Å². The van der Waals surface area contributed by atoms with Gasteiger partial charge in [-0.25, -0.2) is 0 Å². The maximum absolute atomic E-state index is 5.80. The lowest BCUT2D eigenvalue weighted by Gasteiger charge is -2.22. The molecule has 0 aliphatic carbocycles. The van der Waals surface area contributed by atoms with Gasteiger partial charge in [0.15, 0.2) is 0 Å². The van der Waals surface area contributed by atoms with E-state index in [0.717, 1.165) is 11.5 Å². The lowest BCUT2D eigenvalue weighted by Crippen LogP contribution is -2.23. The molecule has 0 saturated heterocycles. The fourth-order valence-electron chi connectivity index (χ4n) is 1.70. The van der Waals surface area contributed by atoms with Crippen LogP contribution in [0.3, 0.4) is 0 Å². The van der Waals surface area contributed by atoms with Crippen LogP contribution in [0.2, 0.25) is 0 Å². The molecule has 0 N–H and O–H groups in total. The fourth-order valence-corrected chi connectivity index (χ4v) is 1.79. The Bertz CT molecular complexity index is 503. The average Bonchev–Trinajstić information content (AvgIpc) is 2.47. The Labute approximate surface area is 121 Å². The second-order valence-corrected chi connectivity index (χ2v) is 5.82. The number of thiol groups is 1. The summed E-state index contributed by atoms with van der Waals surface area (Å²) in [6, 6.07) is 18.6. The predicted octanol–water partition coefficient (Wildman–Crippen LogP) is 4.69. The highest BCUT2D eigenvalue weighted by Gasteiger charge is 2.16. The molecule has 0 heterocycles. The maximum Gasteiger partial charge on any atom is 0.119 e. The molecule has 0 unspecified atom stereocenters. The molecular weight excluding hydrogens is 252 g/mol. The average molecular weight is 272 g/mol. The number of benzene rings is 2. The molecule has 0 fully saturated rings. The topological polar surface area (TPSA) is 9.23 Å². The Morgan fingerprint density at radius 3 is 2.05 bits per heavy atom. The molecule has 0 saturated carbocycles. The van der Waals surface area contributed by atoms with E-state index < -0.39 is 0 Å². The molecule has 0 aromatic heterocycles. The van der Waals surface area contributed by atoms with Gasteiger partial charge in [0.25, 0.3) is 0 Å². The summed E-state index contributed by atoms with van der Waals surface area (Å²) < 4.78 is 5.80. The van der Waals surface area contributed by atoms with E-state index >= 15 is 0 Å². The van der Waals surface area contributed by atoms with Gasteiger partial charge in [-0.15, -0.1) is 0 Å². The largest absolute Gasteiger partial charge is 0.493 e. The highest BCUT2D eigenvalue weighted by Crippen LogP contribution is 2.24. The van der Waals surface area contributed by atoms with Gasteiger partial charge in [-0.2, -0.15) is 12.6 Å². The minimum atomic E-state index is 0.0984. The molecule has 0 atom stereocenters. The van der Waals surface area contributed by atoms with Crippen molar-refractivity contribution in [2.45, 2.75) is 13.8 Å². The molecule has 2 aromatic carbocycles. The number of rotatable bonds is 5. The van der Waals surface area contributed by atoms with Crippen molar-refractivity contribution in [1.29, 1.82) is 0 Å². The molecule has 0 amide bonds. The van der Waals surface area contributed by atoms with Crippen LogP contribution in [0.5, 0.6) is 5.75 Å². The predicted molar refractivity (Wildman–Crippen MR) is 85.0 cm³/mol. The van der Waals surface area contributed by atoms with E-state index in [1.165, 1.54) is 11.1 Å². The number of hydrogen-bond donors (Lipinski definition) is 1. The molecule has 0 radical (unpaired) electrons. The Morgan fingerprint density at radius 2 is 1.47 bits per heavy atom. The highest BCUT2D eigenvalue weighted by molar-refractivity contribution is 7.80. The van der Waals surface area contributed by atoms with Crippen LogP contribution in [0.4, 0.5) is 0 Å². The summed E-state index contributed by atoms with van der Waals surface area (Å²) in [7, 11) is 0. The van der Waals surface area contributed by atoms with Crippen molar-refractivity contribution in [3.8, 4) is 16.9 Å². The van der Waals surface area contributed by atoms with Gasteiger partial charge in [0.05, 0.1) is 6.61 Å². The Balaban J connectivity index is 2.03. The van der Waals surface area contributed by atoms with Crippen LogP contribution in [0.15, 0.2) is 54.6 Å². The SMILES string of the molecule is CC(C)(CS)COc1ccc(-c2ccccc2)cc1. The molecule has 19 heavy (non-hydrogen) atoms. The van der Waals surface area contributed by atoms with Crippen molar-refractivity contribution >= 4 is 12.6 Å². The Hall–Kier alpha value is -1.41. The molecule has 0 aliphatic heterocycles. The molecule has 0 aliphatic rings. The summed E-state index contributed by atoms with van der Waals surface area (Å²) in [6.45, 7) is 4.98. The maximum atomic E-state index is 5.80. The van der Waals surface area contributed by atoms with E-state index in [9.17, 15) is 0 Å². The minimum Gasteiger partial charge on any atom is -0.493 e. The van der Waals surface area contributed by atoms with Gasteiger partial charge in [0.2, 0.25) is 0 Å². The van der Waals surface area contributed by atoms with E-state index in [-0.39, 0.29) is 5.41 Å². The van der Waals surface area contributed by atoms with E-state index in [0.29, 0.717) is 6.61 Å². The summed E-state index contributed by atoms with van der Waals surface area (Å²) in [5.74, 6) is 1.73. The molecule has 2 rings (SSSR count). The Morgan fingerprint density at radius 1 is 0.895 bits per heavy atom. The van der Waals surface area contributed by atoms with Crippen LogP contribution in [0.25, 0.3) is 11.1 Å². The first-order valence-corrected chi connectivity index (χ1v) is 7.13. The smallest absolute Gasteiger partial charge is 0.119 e. The normalized spacial score (nSPS) is 11.3. The number of hydrogen-bond acceptors (Lipinski definition) is 2. The molecule has 0 spiro atoms. The van der Waals surface area contributed by atoms with Crippen LogP contribution in [0.1, 0.15) is 13.8 Å². The van der Waals surface area contributed by atoms with E-state index in [1.807, 2.05) is 18.2 Å². The van der Waals surface area contributed by atoms with Crippen LogP contribution < -0.4 is 4.74 Å². The van der Waals surface area contributed by atoms with Crippen molar-refractivity contribution in [3.05, 3.63) is 54.6 Å². The third-order valence-corrected chi connectivity index (χ3v) is 3.88. The van der Waals surface area contributed by atoms with E-state index in [2.05, 4.69) is 62.9 Å². The van der Waals surface area contributed by atoms with E-state index in [1.54, 1.807) is 0 Å². The van der Waals surface area contributed by atoms with Crippen molar-refractivity contribution in [2.24, 2.45) is 5.41 Å². The first-order chi connectivity index (χ1) is 9.11. The first kappa shape index (κ1) is 14.0. The minimum absolute atomic E-state index is 0.0984. The zero-order chi connectivity index (χ0) is 13.7. The highest BCUT2D eigenvalue weighted by atomic mass is 32.1. The lowest BCUT2D eigenvalue weighted by atomic mass is 9.98. The van der Waals surface area contributed by atoms with Crippen molar-refractivity contribution in [1.82, 2.24) is 0 Å². The fraction of sp³-hybridized carbons (Fsp3) is 0.294. The van der Waals surface area contributed by atoms with Crippen LogP contribution in [0, 0.1) is 5.41 Å². The molecule has 2 heteroatoms. The second kappa shape index (κ2) is 6.16. The van der Waals surface area contributed by atoms with Crippen molar-refractivity contribution in [3.63, 3.8) is 0 Å². The van der Waals surface area contributed by atoms with Gasteiger partial charge in [0, 0.05) is 5.41 Å². The van der Waals surface area contributed by atoms with Gasteiger partial charge in [-0.05, 0) is 29.0 Å². The molecule has 0 bridgehead atoms. The Kier molecular flexibility index (Phi) is 4.54. The van der Waals surface area contributed by atoms with Gasteiger partial charge >= 0.3 is 0 Å². The second-order valence-electron chi connectivity index (χ2n) is 5.50. The summed E-state index contributed by atoms with van der Waals surface area (Å²) in [6.07, 6.45) is 0. The third-order valence-electron chi connectivity index (χ3n) is 3.02. The zero-order valence-electron chi connectivity index (χ0n) is 11.5. The van der Waals surface area contributed by atoms with E-state index in [4.69, 9.17) is 4.74 Å². The summed E-state index contributed by atoms with van der Waals surface area (Å²) in [5, 5.41) is 0. The van der Waals surface area contributed by atoms with Crippen LogP contribution >= 0.6 is 12.6 Å². The third kappa shape index (κ3) is 4.03. The summed E-state index contributed by atoms with van der Waals surface area (Å²) in [4.78, 5) is 0. The summed E-state index contributed by atoms with van der Waals surface area (Å²) in [5.41, 5.74) is 2.53. The van der Waals surface area contributed by atoms with Crippen molar-refractivity contribution in [2.75, 3.05) is 12.4 Å².